The van der Waals surface area contributed by atoms with Crippen molar-refractivity contribution in [2.45, 2.75) is 4.90 Å². The van der Waals surface area contributed by atoms with Crippen LogP contribution >= 0.6 is 0 Å². The van der Waals surface area contributed by atoms with Crippen LogP contribution in [-0.4, -0.2) is 20.6 Å². The van der Waals surface area contributed by atoms with Crippen molar-refractivity contribution in [2.24, 2.45) is 10.1 Å². The number of benzene rings is 1. The number of fused-ring (bicyclic) bond motifs is 1. The monoisotopic (exact) mass is 224 g/mol. The maximum absolute atomic E-state index is 11.5. The van der Waals surface area contributed by atoms with Crippen molar-refractivity contribution in [1.82, 2.24) is 0 Å². The van der Waals surface area contributed by atoms with Gasteiger partial charge in [0.1, 0.15) is 17.1 Å². The first kappa shape index (κ1) is 9.66. The summed E-state index contributed by atoms with van der Waals surface area (Å²) >= 11 is 0. The Labute approximate surface area is 86.4 Å². The van der Waals surface area contributed by atoms with E-state index in [1.807, 2.05) is 0 Å². The minimum atomic E-state index is -3.64. The van der Waals surface area contributed by atoms with Crippen molar-refractivity contribution < 1.29 is 8.42 Å². The van der Waals surface area contributed by atoms with E-state index < -0.39 is 10.0 Å². The molecule has 1 aromatic rings. The van der Waals surface area contributed by atoms with Gasteiger partial charge in [0.25, 0.3) is 10.0 Å². The quantitative estimate of drug-likeness (QED) is 0.464. The lowest BCUT2D eigenvalue weighted by atomic mass is 10.2. The highest BCUT2D eigenvalue weighted by Gasteiger charge is 2.21. The van der Waals surface area contributed by atoms with Crippen LogP contribution in [-0.2, 0) is 10.0 Å². The van der Waals surface area contributed by atoms with E-state index >= 15 is 0 Å². The summed E-state index contributed by atoms with van der Waals surface area (Å²) in [5, 5.41) is 9.91. The van der Waals surface area contributed by atoms with Gasteiger partial charge < -0.3 is 11.1 Å². The maximum atomic E-state index is 11.5. The fraction of sp³-hybridized carbons (Fsp3) is 0. The number of nitrogen functional groups attached to an aromatic ring is 1. The van der Waals surface area contributed by atoms with E-state index in [1.54, 1.807) is 12.1 Å². The predicted molar refractivity (Wildman–Crippen MR) is 56.8 cm³/mol. The molecule has 0 aliphatic carbocycles. The topological polar surface area (TPSA) is 108 Å². The Kier molecular flexibility index (Phi) is 1.97. The largest absolute Gasteiger partial charge is 0.384 e. The zero-order valence-corrected chi connectivity index (χ0v) is 8.38. The van der Waals surface area contributed by atoms with Gasteiger partial charge in [-0.1, -0.05) is 0 Å². The Morgan fingerprint density at radius 1 is 1.47 bits per heavy atom. The summed E-state index contributed by atoms with van der Waals surface area (Å²) in [6.45, 7) is 0. The fourth-order valence-corrected chi connectivity index (χ4v) is 2.23. The van der Waals surface area contributed by atoms with Gasteiger partial charge in [0.05, 0.1) is 5.69 Å². The van der Waals surface area contributed by atoms with Crippen molar-refractivity contribution in [3.63, 3.8) is 0 Å². The van der Waals surface area contributed by atoms with E-state index in [2.05, 4.69) is 9.71 Å². The molecule has 0 unspecified atom stereocenters. The molecule has 6 nitrogen and oxygen atoms in total. The number of hydrogen-bond acceptors (Lipinski definition) is 4. The van der Waals surface area contributed by atoms with E-state index in [-0.39, 0.29) is 10.7 Å². The summed E-state index contributed by atoms with van der Waals surface area (Å²) in [4.78, 5) is 0.0395. The summed E-state index contributed by atoms with van der Waals surface area (Å²) < 4.78 is 26.3. The molecule has 15 heavy (non-hydrogen) atoms. The van der Waals surface area contributed by atoms with Gasteiger partial charge in [0, 0.05) is 5.56 Å². The van der Waals surface area contributed by atoms with Gasteiger partial charge >= 0.3 is 0 Å². The smallest absolute Gasteiger partial charge is 0.285 e. The van der Waals surface area contributed by atoms with Gasteiger partial charge in [-0.15, -0.1) is 4.40 Å². The third kappa shape index (κ3) is 1.57. The van der Waals surface area contributed by atoms with Crippen LogP contribution in [0.2, 0.25) is 0 Å². The Morgan fingerprint density at radius 2 is 2.20 bits per heavy atom. The molecule has 0 amide bonds. The number of nitrogens with zero attached hydrogens (tertiary/aromatic N) is 1. The minimum absolute atomic E-state index is 0.0395. The van der Waals surface area contributed by atoms with Gasteiger partial charge in [-0.3, -0.25) is 5.41 Å². The Balaban J connectivity index is 2.68. The van der Waals surface area contributed by atoms with E-state index in [9.17, 15) is 8.42 Å². The van der Waals surface area contributed by atoms with Crippen LogP contribution in [0.15, 0.2) is 27.5 Å². The summed E-state index contributed by atoms with van der Waals surface area (Å²) in [6.07, 6.45) is 1.12. The number of amidine groups is 1. The second kappa shape index (κ2) is 3.06. The molecule has 4 N–H and O–H groups in total. The molecule has 78 valence electrons. The molecule has 1 aliphatic rings. The van der Waals surface area contributed by atoms with Crippen LogP contribution in [0.3, 0.4) is 0 Å². The number of sulfonamides is 1. The molecule has 1 aliphatic heterocycles. The number of nitrogens with two attached hydrogens (primary N) is 1. The number of nitrogens with one attached hydrogen (secondary N) is 2. The van der Waals surface area contributed by atoms with Crippen LogP contribution in [0.4, 0.5) is 5.69 Å². The molecule has 0 saturated carbocycles. The van der Waals surface area contributed by atoms with E-state index in [4.69, 9.17) is 11.1 Å². The fourth-order valence-electron chi connectivity index (χ4n) is 1.24. The van der Waals surface area contributed by atoms with Crippen molar-refractivity contribution in [3.05, 3.63) is 23.8 Å². The van der Waals surface area contributed by atoms with Gasteiger partial charge in [0.2, 0.25) is 0 Å². The molecule has 0 atom stereocenters. The molecular weight excluding hydrogens is 216 g/mol. The highest BCUT2D eigenvalue weighted by molar-refractivity contribution is 7.90. The number of anilines is 1. The second-order valence-corrected chi connectivity index (χ2v) is 4.58. The SMILES string of the molecule is N=C(N)c1ccc2c(c1)S(=O)(=O)N=CN2. The normalized spacial score (nSPS) is 16.5. The first-order chi connectivity index (χ1) is 7.00. The van der Waals surface area contributed by atoms with Crippen molar-refractivity contribution in [3.8, 4) is 0 Å². The molecule has 0 bridgehead atoms. The summed E-state index contributed by atoms with van der Waals surface area (Å²) in [5.41, 5.74) is 6.06. The molecule has 1 aromatic carbocycles. The molecule has 7 heteroatoms. The van der Waals surface area contributed by atoms with Gasteiger partial charge in [-0.2, -0.15) is 8.42 Å². The zero-order chi connectivity index (χ0) is 11.1. The highest BCUT2D eigenvalue weighted by Crippen LogP contribution is 2.26. The molecule has 0 saturated heterocycles. The third-order valence-corrected chi connectivity index (χ3v) is 3.26. The van der Waals surface area contributed by atoms with E-state index in [1.165, 1.54) is 6.07 Å². The van der Waals surface area contributed by atoms with Gasteiger partial charge in [-0.25, -0.2) is 0 Å². The van der Waals surface area contributed by atoms with Crippen LogP contribution in [0, 0.1) is 5.41 Å². The second-order valence-electron chi connectivity index (χ2n) is 2.98. The molecule has 0 radical (unpaired) electrons. The van der Waals surface area contributed by atoms with Crippen molar-refractivity contribution >= 4 is 27.9 Å². The lowest BCUT2D eigenvalue weighted by molar-refractivity contribution is 0.598. The first-order valence-corrected chi connectivity index (χ1v) is 5.48. The summed E-state index contributed by atoms with van der Waals surface area (Å²) in [6, 6.07) is 4.45. The number of hydrogen-bond donors (Lipinski definition) is 3. The number of rotatable bonds is 1. The first-order valence-electron chi connectivity index (χ1n) is 4.04. The van der Waals surface area contributed by atoms with Crippen LogP contribution in [0.1, 0.15) is 5.56 Å². The lowest BCUT2D eigenvalue weighted by Crippen LogP contribution is -2.15. The van der Waals surface area contributed by atoms with Crippen LogP contribution in [0.5, 0.6) is 0 Å². The van der Waals surface area contributed by atoms with Crippen LogP contribution in [0.25, 0.3) is 0 Å². The summed E-state index contributed by atoms with van der Waals surface area (Å²) in [7, 11) is -3.64. The highest BCUT2D eigenvalue weighted by atomic mass is 32.2. The van der Waals surface area contributed by atoms with E-state index in [0.717, 1.165) is 6.34 Å². The Hall–Kier alpha value is -1.89. The molecule has 2 rings (SSSR count). The van der Waals surface area contributed by atoms with E-state index in [0.29, 0.717) is 11.3 Å². The minimum Gasteiger partial charge on any atom is -0.384 e. The molecule has 0 aromatic heterocycles. The third-order valence-electron chi connectivity index (χ3n) is 1.98. The van der Waals surface area contributed by atoms with Crippen molar-refractivity contribution in [2.75, 3.05) is 5.32 Å². The maximum Gasteiger partial charge on any atom is 0.285 e. The molecule has 0 fully saturated rings. The molecule has 1 heterocycles. The van der Waals surface area contributed by atoms with Crippen LogP contribution < -0.4 is 11.1 Å². The average molecular weight is 224 g/mol. The molecular formula is C8H8N4O2S. The lowest BCUT2D eigenvalue weighted by Gasteiger charge is -2.12. The predicted octanol–water partition coefficient (Wildman–Crippen LogP) is 0.113. The Bertz CT molecular complexity index is 562. The Morgan fingerprint density at radius 3 is 2.87 bits per heavy atom. The van der Waals surface area contributed by atoms with Gasteiger partial charge in [-0.05, 0) is 18.2 Å². The summed E-state index contributed by atoms with van der Waals surface area (Å²) in [5.74, 6) is -0.178. The van der Waals surface area contributed by atoms with Crippen molar-refractivity contribution in [1.29, 1.82) is 5.41 Å². The van der Waals surface area contributed by atoms with Gasteiger partial charge in [0.15, 0.2) is 0 Å². The zero-order valence-electron chi connectivity index (χ0n) is 7.56. The standard InChI is InChI=1S/C8H8N4O2S/c9-8(10)5-1-2-6-7(3-5)15(13,14)12-4-11-6/h1-4H,(H3,9,10)(H,11,12). The molecule has 0 spiro atoms. The average Bonchev–Trinajstić information content (AvgIpc) is 2.17.